The van der Waals surface area contributed by atoms with Crippen molar-refractivity contribution in [3.63, 3.8) is 0 Å². The Morgan fingerprint density at radius 2 is 1.96 bits per heavy atom. The van der Waals surface area contributed by atoms with Crippen molar-refractivity contribution in [2.75, 3.05) is 26.0 Å². The molecule has 0 bridgehead atoms. The summed E-state index contributed by atoms with van der Waals surface area (Å²) in [5, 5.41) is 3.97. The molecule has 1 aromatic heterocycles. The molecule has 130 valence electrons. The fraction of sp³-hybridized carbons (Fsp3) is 0.500. The molecule has 0 spiro atoms. The van der Waals surface area contributed by atoms with Crippen LogP contribution >= 0.6 is 0 Å². The third-order valence-electron chi connectivity index (χ3n) is 4.04. The van der Waals surface area contributed by atoms with E-state index in [1.165, 1.54) is 10.6 Å². The molecular formula is C16H21N3O4S. The summed E-state index contributed by atoms with van der Waals surface area (Å²) < 4.78 is 35.5. The predicted octanol–water partition coefficient (Wildman–Crippen LogP) is 1.72. The molecule has 0 amide bonds. The molecule has 2 aromatic rings. The maximum Gasteiger partial charge on any atom is 0.257 e. The molecular weight excluding hydrogens is 330 g/mol. The number of ether oxygens (including phenoxy) is 1. The van der Waals surface area contributed by atoms with Crippen LogP contribution in [0.5, 0.6) is 0 Å². The molecule has 0 radical (unpaired) electrons. The van der Waals surface area contributed by atoms with Gasteiger partial charge in [-0.1, -0.05) is 23.4 Å². The smallest absolute Gasteiger partial charge is 0.257 e. The first-order chi connectivity index (χ1) is 11.5. The third-order valence-corrected chi connectivity index (χ3v) is 5.34. The van der Waals surface area contributed by atoms with Crippen molar-refractivity contribution >= 4 is 10.0 Å². The van der Waals surface area contributed by atoms with Crippen molar-refractivity contribution in [2.24, 2.45) is 0 Å². The topological polar surface area (TPSA) is 85.5 Å². The zero-order valence-electron chi connectivity index (χ0n) is 13.6. The van der Waals surface area contributed by atoms with Crippen LogP contribution in [0, 0.1) is 0 Å². The zero-order valence-corrected chi connectivity index (χ0v) is 14.4. The van der Waals surface area contributed by atoms with Gasteiger partial charge in [-0.15, -0.1) is 0 Å². The van der Waals surface area contributed by atoms with Crippen LogP contribution in [0.15, 0.2) is 34.9 Å². The Balaban J connectivity index is 1.44. The van der Waals surface area contributed by atoms with Gasteiger partial charge in [-0.3, -0.25) is 0 Å². The second kappa shape index (κ2) is 7.42. The summed E-state index contributed by atoms with van der Waals surface area (Å²) in [4.78, 5) is 4.36. The number of benzene rings is 1. The molecule has 3 rings (SSSR count). The average molecular weight is 351 g/mol. The molecule has 24 heavy (non-hydrogen) atoms. The van der Waals surface area contributed by atoms with Crippen LogP contribution in [0.1, 0.15) is 18.7 Å². The lowest BCUT2D eigenvalue weighted by Gasteiger charge is -2.30. The Labute approximate surface area is 141 Å². The quantitative estimate of drug-likeness (QED) is 0.788. The summed E-state index contributed by atoms with van der Waals surface area (Å²) in [6.45, 7) is 1.53. The van der Waals surface area contributed by atoms with Crippen molar-refractivity contribution < 1.29 is 17.7 Å². The van der Waals surface area contributed by atoms with Crippen molar-refractivity contribution in [3.05, 3.63) is 36.2 Å². The van der Waals surface area contributed by atoms with Crippen LogP contribution < -0.4 is 0 Å². The highest BCUT2D eigenvalue weighted by Crippen LogP contribution is 2.18. The van der Waals surface area contributed by atoms with Crippen LogP contribution in [0.4, 0.5) is 0 Å². The predicted molar refractivity (Wildman–Crippen MR) is 88.8 cm³/mol. The zero-order chi connectivity index (χ0) is 17.0. The molecule has 1 aliphatic rings. The Kier molecular flexibility index (Phi) is 5.27. The van der Waals surface area contributed by atoms with Gasteiger partial charge in [-0.25, -0.2) is 12.7 Å². The van der Waals surface area contributed by atoms with E-state index in [0.717, 1.165) is 5.56 Å². The van der Waals surface area contributed by atoms with Gasteiger partial charge >= 0.3 is 0 Å². The monoisotopic (exact) mass is 351 g/mol. The van der Waals surface area contributed by atoms with E-state index < -0.39 is 10.0 Å². The largest absolute Gasteiger partial charge is 0.378 e. The first-order valence-corrected chi connectivity index (χ1v) is 9.82. The van der Waals surface area contributed by atoms with Crippen LogP contribution in [0.25, 0.3) is 11.5 Å². The Morgan fingerprint density at radius 1 is 1.25 bits per heavy atom. The number of sulfonamides is 1. The van der Waals surface area contributed by atoms with Gasteiger partial charge in [-0.05, 0) is 25.0 Å². The lowest BCUT2D eigenvalue weighted by atomic mass is 10.1. The van der Waals surface area contributed by atoms with E-state index >= 15 is 0 Å². The van der Waals surface area contributed by atoms with E-state index in [4.69, 9.17) is 9.26 Å². The Morgan fingerprint density at radius 3 is 2.62 bits per heavy atom. The second-order valence-electron chi connectivity index (χ2n) is 5.86. The molecule has 2 heterocycles. The van der Waals surface area contributed by atoms with Gasteiger partial charge in [0.25, 0.3) is 5.89 Å². The van der Waals surface area contributed by atoms with Crippen LogP contribution in [0.2, 0.25) is 0 Å². The number of nitrogens with zero attached hydrogens (tertiary/aromatic N) is 3. The number of hydrogen-bond donors (Lipinski definition) is 0. The van der Waals surface area contributed by atoms with Crippen molar-refractivity contribution in [2.45, 2.75) is 25.4 Å². The summed E-state index contributed by atoms with van der Waals surface area (Å²) >= 11 is 0. The SMILES string of the molecule is CS(=O)(=O)N1CCC(OCCc2noc(-c3ccccc3)n2)CC1. The summed E-state index contributed by atoms with van der Waals surface area (Å²) in [6.07, 6.45) is 3.34. The van der Waals surface area contributed by atoms with Crippen molar-refractivity contribution in [3.8, 4) is 11.5 Å². The second-order valence-corrected chi connectivity index (χ2v) is 7.85. The third kappa shape index (κ3) is 4.40. The van der Waals surface area contributed by atoms with Gasteiger partial charge in [0.2, 0.25) is 10.0 Å². The van der Waals surface area contributed by atoms with E-state index in [2.05, 4.69) is 10.1 Å². The van der Waals surface area contributed by atoms with Gasteiger partial charge in [0.05, 0.1) is 19.0 Å². The van der Waals surface area contributed by atoms with Gasteiger partial charge in [0.1, 0.15) is 0 Å². The molecule has 1 saturated heterocycles. The van der Waals surface area contributed by atoms with Gasteiger partial charge in [0.15, 0.2) is 5.82 Å². The van der Waals surface area contributed by atoms with E-state index in [9.17, 15) is 8.42 Å². The number of aromatic nitrogens is 2. The van der Waals surface area contributed by atoms with Gasteiger partial charge in [0, 0.05) is 25.1 Å². The van der Waals surface area contributed by atoms with Gasteiger partial charge < -0.3 is 9.26 Å². The molecule has 1 aromatic carbocycles. The lowest BCUT2D eigenvalue weighted by Crippen LogP contribution is -2.40. The standard InChI is InChI=1S/C16H21N3O4S/c1-24(20,21)19-10-7-14(8-11-19)22-12-9-15-17-16(23-18-15)13-5-3-2-4-6-13/h2-6,14H,7-12H2,1H3. The molecule has 7 nitrogen and oxygen atoms in total. The summed E-state index contributed by atoms with van der Waals surface area (Å²) in [5.41, 5.74) is 0.894. The maximum absolute atomic E-state index is 11.5. The van der Waals surface area contributed by atoms with E-state index in [0.29, 0.717) is 50.7 Å². The fourth-order valence-corrected chi connectivity index (χ4v) is 3.57. The highest BCUT2D eigenvalue weighted by atomic mass is 32.2. The molecule has 0 saturated carbocycles. The fourth-order valence-electron chi connectivity index (χ4n) is 2.70. The summed E-state index contributed by atoms with van der Waals surface area (Å²) in [5.74, 6) is 1.12. The van der Waals surface area contributed by atoms with E-state index in [1.807, 2.05) is 30.3 Å². The average Bonchev–Trinajstić information content (AvgIpc) is 3.04. The summed E-state index contributed by atoms with van der Waals surface area (Å²) in [7, 11) is -3.09. The highest BCUT2D eigenvalue weighted by molar-refractivity contribution is 7.88. The maximum atomic E-state index is 11.5. The van der Waals surface area contributed by atoms with Crippen LogP contribution in [-0.2, 0) is 21.2 Å². The molecule has 0 unspecified atom stereocenters. The number of rotatable bonds is 6. The summed E-state index contributed by atoms with van der Waals surface area (Å²) in [6, 6.07) is 9.62. The van der Waals surface area contributed by atoms with Crippen LogP contribution in [-0.4, -0.2) is 54.9 Å². The molecule has 8 heteroatoms. The van der Waals surface area contributed by atoms with Crippen molar-refractivity contribution in [1.82, 2.24) is 14.4 Å². The molecule has 1 fully saturated rings. The van der Waals surface area contributed by atoms with Gasteiger partial charge in [-0.2, -0.15) is 4.98 Å². The lowest BCUT2D eigenvalue weighted by molar-refractivity contribution is 0.0223. The highest BCUT2D eigenvalue weighted by Gasteiger charge is 2.25. The molecule has 0 N–H and O–H groups in total. The number of hydrogen-bond acceptors (Lipinski definition) is 6. The van der Waals surface area contributed by atoms with E-state index in [1.54, 1.807) is 0 Å². The first kappa shape index (κ1) is 17.1. The minimum Gasteiger partial charge on any atom is -0.378 e. The Hall–Kier alpha value is -1.77. The van der Waals surface area contributed by atoms with Crippen molar-refractivity contribution in [1.29, 1.82) is 0 Å². The van der Waals surface area contributed by atoms with E-state index in [-0.39, 0.29) is 6.10 Å². The minimum atomic E-state index is -3.09. The van der Waals surface area contributed by atoms with Crippen LogP contribution in [0.3, 0.4) is 0 Å². The first-order valence-electron chi connectivity index (χ1n) is 7.97. The molecule has 0 atom stereocenters. The minimum absolute atomic E-state index is 0.0866. The Bertz CT molecular complexity index is 753. The number of piperidine rings is 1. The molecule has 1 aliphatic heterocycles. The molecule has 0 aliphatic carbocycles. The normalized spacial score (nSPS) is 17.2.